The van der Waals surface area contributed by atoms with Gasteiger partial charge in [-0.25, -0.2) is 0 Å². The van der Waals surface area contributed by atoms with Gasteiger partial charge in [0.15, 0.2) is 0 Å². The van der Waals surface area contributed by atoms with Crippen LogP contribution in [0.15, 0.2) is 9.98 Å². The van der Waals surface area contributed by atoms with Crippen molar-refractivity contribution in [2.45, 2.75) is 26.7 Å². The Morgan fingerprint density at radius 1 is 0.882 bits per heavy atom. The quantitative estimate of drug-likeness (QED) is 0.689. The van der Waals surface area contributed by atoms with Gasteiger partial charge in [0.05, 0.1) is 0 Å². The zero-order valence-electron chi connectivity index (χ0n) is 10.9. The fourth-order valence-corrected chi connectivity index (χ4v) is 3.63. The SMILES string of the molecule is CC1=NCCCNCCCN=C(C)CSSC1. The fourth-order valence-electron chi connectivity index (χ4n) is 1.42. The molecule has 0 aromatic rings. The number of hydrogen-bond donors (Lipinski definition) is 1. The molecule has 0 saturated carbocycles. The van der Waals surface area contributed by atoms with Crippen molar-refractivity contribution < 1.29 is 0 Å². The molecule has 3 nitrogen and oxygen atoms in total. The second kappa shape index (κ2) is 9.97. The molecular formula is C12H23N3S2. The largest absolute Gasteiger partial charge is 0.317 e. The summed E-state index contributed by atoms with van der Waals surface area (Å²) in [6.45, 7) is 8.31. The first-order valence-corrected chi connectivity index (χ1v) is 8.73. The minimum absolute atomic E-state index is 0.958. The summed E-state index contributed by atoms with van der Waals surface area (Å²) in [6, 6.07) is 0. The number of aliphatic imine (C=N–C) groups is 2. The maximum Gasteiger partial charge on any atom is 0.0415 e. The van der Waals surface area contributed by atoms with Crippen LogP contribution in [-0.4, -0.2) is 49.1 Å². The molecule has 5 heteroatoms. The molecule has 0 amide bonds. The van der Waals surface area contributed by atoms with Gasteiger partial charge in [-0.2, -0.15) is 0 Å². The summed E-state index contributed by atoms with van der Waals surface area (Å²) in [7, 11) is 3.77. The molecule has 0 fully saturated rings. The van der Waals surface area contributed by atoms with E-state index >= 15 is 0 Å². The van der Waals surface area contributed by atoms with Gasteiger partial charge in [0.2, 0.25) is 0 Å². The first-order chi connectivity index (χ1) is 8.29. The highest BCUT2D eigenvalue weighted by atomic mass is 33.1. The van der Waals surface area contributed by atoms with Crippen LogP contribution in [0.25, 0.3) is 0 Å². The molecule has 1 heterocycles. The van der Waals surface area contributed by atoms with E-state index in [4.69, 9.17) is 0 Å². The summed E-state index contributed by atoms with van der Waals surface area (Å²) in [5, 5.41) is 3.44. The maximum absolute atomic E-state index is 4.57. The van der Waals surface area contributed by atoms with Gasteiger partial charge in [0.25, 0.3) is 0 Å². The summed E-state index contributed by atoms with van der Waals surface area (Å²) in [6.07, 6.45) is 2.27. The first kappa shape index (κ1) is 15.1. The van der Waals surface area contributed by atoms with Crippen molar-refractivity contribution in [3.63, 3.8) is 0 Å². The molecule has 0 spiro atoms. The normalized spacial score (nSPS) is 22.0. The zero-order valence-corrected chi connectivity index (χ0v) is 12.5. The second-order valence-corrected chi connectivity index (χ2v) is 6.68. The van der Waals surface area contributed by atoms with Crippen LogP contribution >= 0.6 is 21.6 Å². The lowest BCUT2D eigenvalue weighted by Crippen LogP contribution is -2.18. The Bertz CT molecular complexity index is 238. The summed E-state index contributed by atoms with van der Waals surface area (Å²) >= 11 is 0. The van der Waals surface area contributed by atoms with Crippen LogP contribution in [0.5, 0.6) is 0 Å². The van der Waals surface area contributed by atoms with Crippen molar-refractivity contribution in [2.24, 2.45) is 9.98 Å². The molecule has 0 unspecified atom stereocenters. The Kier molecular flexibility index (Phi) is 8.83. The summed E-state index contributed by atoms with van der Waals surface area (Å²) in [4.78, 5) is 9.13. The number of hydrogen-bond acceptors (Lipinski definition) is 5. The predicted molar refractivity (Wildman–Crippen MR) is 83.0 cm³/mol. The minimum Gasteiger partial charge on any atom is -0.317 e. The topological polar surface area (TPSA) is 36.8 Å². The molecule has 1 aliphatic rings. The van der Waals surface area contributed by atoms with Crippen LogP contribution in [0.4, 0.5) is 0 Å². The zero-order chi connectivity index (χ0) is 12.3. The van der Waals surface area contributed by atoms with E-state index in [1.54, 1.807) is 0 Å². The van der Waals surface area contributed by atoms with Crippen molar-refractivity contribution in [3.05, 3.63) is 0 Å². The maximum atomic E-state index is 4.57. The molecule has 0 saturated heterocycles. The third-order valence-corrected chi connectivity index (χ3v) is 4.85. The molecule has 0 bridgehead atoms. The summed E-state index contributed by atoms with van der Waals surface area (Å²) in [5.41, 5.74) is 2.51. The first-order valence-electron chi connectivity index (χ1n) is 6.24. The Hall–Kier alpha value is -0.000000000000000111. The van der Waals surface area contributed by atoms with E-state index in [2.05, 4.69) is 29.1 Å². The van der Waals surface area contributed by atoms with Crippen LogP contribution in [0.1, 0.15) is 26.7 Å². The van der Waals surface area contributed by atoms with Crippen molar-refractivity contribution in [2.75, 3.05) is 37.7 Å². The third-order valence-electron chi connectivity index (χ3n) is 2.41. The Morgan fingerprint density at radius 3 is 1.82 bits per heavy atom. The van der Waals surface area contributed by atoms with Crippen molar-refractivity contribution in [1.29, 1.82) is 0 Å². The Labute approximate surface area is 113 Å². The fraction of sp³-hybridized carbons (Fsp3) is 0.833. The number of nitrogens with zero attached hydrogens (tertiary/aromatic N) is 2. The summed E-state index contributed by atoms with van der Waals surface area (Å²) < 4.78 is 0. The van der Waals surface area contributed by atoms with E-state index in [-0.39, 0.29) is 0 Å². The van der Waals surface area contributed by atoms with Crippen molar-refractivity contribution in [3.8, 4) is 0 Å². The molecule has 0 radical (unpaired) electrons. The van der Waals surface area contributed by atoms with E-state index < -0.39 is 0 Å². The number of nitrogens with one attached hydrogen (secondary N) is 1. The molecule has 17 heavy (non-hydrogen) atoms. The molecule has 0 aliphatic carbocycles. The third kappa shape index (κ3) is 8.69. The van der Waals surface area contributed by atoms with Gasteiger partial charge in [0.1, 0.15) is 0 Å². The van der Waals surface area contributed by atoms with E-state index in [0.717, 1.165) is 50.5 Å². The van der Waals surface area contributed by atoms with Crippen molar-refractivity contribution >= 4 is 33.0 Å². The molecule has 0 atom stereocenters. The lowest BCUT2D eigenvalue weighted by molar-refractivity contribution is 0.632. The average molecular weight is 273 g/mol. The monoisotopic (exact) mass is 273 g/mol. The van der Waals surface area contributed by atoms with E-state index in [1.807, 2.05) is 21.6 Å². The van der Waals surface area contributed by atoms with Gasteiger partial charge < -0.3 is 5.32 Å². The second-order valence-electron chi connectivity index (χ2n) is 4.22. The van der Waals surface area contributed by atoms with Crippen LogP contribution in [0.2, 0.25) is 0 Å². The summed E-state index contributed by atoms with van der Waals surface area (Å²) in [5.74, 6) is 2.07. The Morgan fingerprint density at radius 2 is 1.35 bits per heavy atom. The molecular weight excluding hydrogens is 250 g/mol. The van der Waals surface area contributed by atoms with Crippen LogP contribution in [-0.2, 0) is 0 Å². The van der Waals surface area contributed by atoms with E-state index in [1.165, 1.54) is 11.4 Å². The predicted octanol–water partition coefficient (Wildman–Crippen LogP) is 2.67. The molecule has 1 rings (SSSR count). The van der Waals surface area contributed by atoms with Gasteiger partial charge in [0, 0.05) is 36.0 Å². The molecule has 0 aromatic heterocycles. The van der Waals surface area contributed by atoms with Gasteiger partial charge in [-0.15, -0.1) is 0 Å². The standard InChI is InChI=1S/C12H23N3S2/c1-11-9-16-17-10-12(2)15-8-4-6-13-5-3-7-14-11/h13H,3-10H2,1-2H3. The average Bonchev–Trinajstić information content (AvgIpc) is 2.32. The smallest absolute Gasteiger partial charge is 0.0415 e. The van der Waals surface area contributed by atoms with Gasteiger partial charge >= 0.3 is 0 Å². The number of rotatable bonds is 0. The van der Waals surface area contributed by atoms with E-state index in [0.29, 0.717) is 0 Å². The van der Waals surface area contributed by atoms with Crippen molar-refractivity contribution in [1.82, 2.24) is 5.32 Å². The highest BCUT2D eigenvalue weighted by molar-refractivity contribution is 8.77. The van der Waals surface area contributed by atoms with E-state index in [9.17, 15) is 0 Å². The highest BCUT2D eigenvalue weighted by Gasteiger charge is 1.97. The van der Waals surface area contributed by atoms with Crippen LogP contribution in [0, 0.1) is 0 Å². The van der Waals surface area contributed by atoms with Crippen LogP contribution < -0.4 is 5.32 Å². The minimum atomic E-state index is 0.958. The van der Waals surface area contributed by atoms with Gasteiger partial charge in [-0.3, -0.25) is 9.98 Å². The molecule has 98 valence electrons. The molecule has 1 aliphatic heterocycles. The van der Waals surface area contributed by atoms with Gasteiger partial charge in [-0.05, 0) is 39.8 Å². The molecule has 0 aromatic carbocycles. The highest BCUT2D eigenvalue weighted by Crippen LogP contribution is 2.21. The Balaban J connectivity index is 2.35. The molecule has 1 N–H and O–H groups in total. The lowest BCUT2D eigenvalue weighted by atomic mass is 10.3. The van der Waals surface area contributed by atoms with Gasteiger partial charge in [-0.1, -0.05) is 21.6 Å². The lowest BCUT2D eigenvalue weighted by Gasteiger charge is -2.02. The van der Waals surface area contributed by atoms with Crippen LogP contribution in [0.3, 0.4) is 0 Å².